The maximum Gasteiger partial charge on any atom is 0.164 e. The molecule has 11 rings (SSSR count). The molecule has 0 saturated carbocycles. The van der Waals surface area contributed by atoms with Gasteiger partial charge in [0.25, 0.3) is 0 Å². The maximum atomic E-state index is 9.44. The van der Waals surface area contributed by atoms with E-state index in [1.165, 1.54) is 16.2 Å². The predicted molar refractivity (Wildman–Crippen MR) is 232 cm³/mol. The molecule has 5 heteroatoms. The third-order valence-electron chi connectivity index (χ3n) is 11.0. The summed E-state index contributed by atoms with van der Waals surface area (Å²) in [4.78, 5) is 15.5. The Morgan fingerprint density at radius 3 is 1.72 bits per heavy atom. The number of fused-ring (bicyclic) bond motifs is 7. The molecule has 0 N–H and O–H groups in total. The van der Waals surface area contributed by atoms with E-state index in [9.17, 15) is 5.26 Å². The zero-order chi connectivity index (χ0) is 37.9. The first-order valence-corrected chi connectivity index (χ1v) is 18.9. The second-order valence-corrected chi connectivity index (χ2v) is 14.2. The molecule has 0 atom stereocenters. The summed E-state index contributed by atoms with van der Waals surface area (Å²) in [6.07, 6.45) is 0. The van der Waals surface area contributed by atoms with Gasteiger partial charge in [-0.2, -0.15) is 5.26 Å². The molecule has 9 aromatic carbocycles. The normalized spacial score (nSPS) is 11.5. The highest BCUT2D eigenvalue weighted by atomic mass is 16.3. The van der Waals surface area contributed by atoms with Crippen LogP contribution in [-0.4, -0.2) is 15.0 Å². The van der Waals surface area contributed by atoms with Crippen LogP contribution >= 0.6 is 0 Å². The minimum atomic E-state index is 0.584. The highest BCUT2D eigenvalue weighted by Crippen LogP contribution is 2.41. The van der Waals surface area contributed by atoms with Crippen molar-refractivity contribution in [1.29, 1.82) is 5.26 Å². The quantitative estimate of drug-likeness (QED) is 0.165. The number of para-hydroxylation sites is 1. The zero-order valence-corrected chi connectivity index (χ0v) is 30.5. The lowest BCUT2D eigenvalue weighted by atomic mass is 9.88. The summed E-state index contributed by atoms with van der Waals surface area (Å²) in [5.74, 6) is 1.78. The van der Waals surface area contributed by atoms with Crippen LogP contribution in [0.1, 0.15) is 5.56 Å². The van der Waals surface area contributed by atoms with E-state index in [-0.39, 0.29) is 0 Å². The summed E-state index contributed by atoms with van der Waals surface area (Å²) in [5.41, 5.74) is 9.40. The van der Waals surface area contributed by atoms with Crippen LogP contribution < -0.4 is 0 Å². The Morgan fingerprint density at radius 2 is 0.912 bits per heavy atom. The predicted octanol–water partition coefficient (Wildman–Crippen LogP) is 13.4. The van der Waals surface area contributed by atoms with Gasteiger partial charge in [-0.05, 0) is 78.8 Å². The van der Waals surface area contributed by atoms with Crippen molar-refractivity contribution in [1.82, 2.24) is 15.0 Å². The van der Waals surface area contributed by atoms with Crippen LogP contribution in [0, 0.1) is 11.3 Å². The van der Waals surface area contributed by atoms with Crippen LogP contribution in [0.15, 0.2) is 186 Å². The van der Waals surface area contributed by atoms with Crippen LogP contribution in [0.25, 0.3) is 111 Å². The Hall–Kier alpha value is -7.94. The minimum Gasteiger partial charge on any atom is -0.456 e. The molecule has 0 unspecified atom stereocenters. The topological polar surface area (TPSA) is 75.6 Å². The number of furan rings is 1. The van der Waals surface area contributed by atoms with Crippen molar-refractivity contribution in [2.45, 2.75) is 0 Å². The van der Waals surface area contributed by atoms with Gasteiger partial charge in [0, 0.05) is 27.5 Å². The van der Waals surface area contributed by atoms with Gasteiger partial charge in [0.15, 0.2) is 17.5 Å². The van der Waals surface area contributed by atoms with Crippen molar-refractivity contribution in [2.75, 3.05) is 0 Å². The summed E-state index contributed by atoms with van der Waals surface area (Å²) in [7, 11) is 0. The fourth-order valence-corrected chi connectivity index (χ4v) is 8.27. The van der Waals surface area contributed by atoms with E-state index in [1.807, 2.05) is 54.6 Å². The van der Waals surface area contributed by atoms with Gasteiger partial charge in [0.05, 0.1) is 11.6 Å². The Balaban J connectivity index is 1.08. The van der Waals surface area contributed by atoms with Crippen molar-refractivity contribution < 1.29 is 4.42 Å². The smallest absolute Gasteiger partial charge is 0.164 e. The van der Waals surface area contributed by atoms with Gasteiger partial charge in [0.1, 0.15) is 11.2 Å². The van der Waals surface area contributed by atoms with Crippen molar-refractivity contribution >= 4 is 54.3 Å². The second-order valence-electron chi connectivity index (χ2n) is 14.2. The number of nitrogens with zero attached hydrogens (tertiary/aromatic N) is 4. The lowest BCUT2D eigenvalue weighted by Crippen LogP contribution is -2.01. The Labute approximate surface area is 327 Å². The Bertz CT molecular complexity index is 3410. The van der Waals surface area contributed by atoms with Gasteiger partial charge >= 0.3 is 0 Å². The largest absolute Gasteiger partial charge is 0.456 e. The molecule has 5 nitrogen and oxygen atoms in total. The molecule has 57 heavy (non-hydrogen) atoms. The molecule has 0 amide bonds. The Kier molecular flexibility index (Phi) is 7.48. The highest BCUT2D eigenvalue weighted by Gasteiger charge is 2.19. The number of benzene rings is 9. The molecule has 0 aliphatic heterocycles. The van der Waals surface area contributed by atoms with Gasteiger partial charge in [-0.3, -0.25) is 0 Å². The van der Waals surface area contributed by atoms with Crippen molar-refractivity contribution in [3.63, 3.8) is 0 Å². The number of rotatable bonds is 5. The molecule has 2 aromatic heterocycles. The molecule has 0 bridgehead atoms. The Morgan fingerprint density at radius 1 is 0.351 bits per heavy atom. The lowest BCUT2D eigenvalue weighted by Gasteiger charge is -2.15. The molecule has 0 aliphatic carbocycles. The lowest BCUT2D eigenvalue weighted by molar-refractivity contribution is 0.669. The first-order valence-electron chi connectivity index (χ1n) is 18.9. The summed E-state index contributed by atoms with van der Waals surface area (Å²) in [6, 6.07) is 64.7. The fraction of sp³-hybridized carbons (Fsp3) is 0. The maximum absolute atomic E-state index is 9.44. The van der Waals surface area contributed by atoms with Crippen LogP contribution in [0.2, 0.25) is 0 Å². The number of hydrogen-bond donors (Lipinski definition) is 0. The van der Waals surface area contributed by atoms with E-state index >= 15 is 0 Å². The van der Waals surface area contributed by atoms with Crippen LogP contribution in [0.5, 0.6) is 0 Å². The number of aromatic nitrogens is 3. The average molecular weight is 727 g/mol. The molecular weight excluding hydrogens is 697 g/mol. The van der Waals surface area contributed by atoms with E-state index in [2.05, 4.69) is 133 Å². The van der Waals surface area contributed by atoms with Crippen LogP contribution in [0.4, 0.5) is 0 Å². The van der Waals surface area contributed by atoms with E-state index in [1.54, 1.807) is 0 Å². The standard InChI is InChI=1S/C52H30N4O/c53-31-32-19-21-36(22-20-32)41-30-29-39(42-28-27-34-10-2-4-13-40(34)48(41)42)35-23-25-37(26-24-35)50-54-51(43-15-7-11-33-9-1-3-12-38(33)43)56-52(55-50)45-16-8-18-47-49(45)44-14-5-6-17-46(44)57-47/h1-30H. The van der Waals surface area contributed by atoms with Crippen molar-refractivity contribution in [3.05, 3.63) is 188 Å². The highest BCUT2D eigenvalue weighted by molar-refractivity contribution is 6.18. The molecule has 0 radical (unpaired) electrons. The molecule has 0 fully saturated rings. The summed E-state index contributed by atoms with van der Waals surface area (Å²) in [5, 5.41) is 18.3. The van der Waals surface area contributed by atoms with E-state index < -0.39 is 0 Å². The molecule has 0 spiro atoms. The number of hydrogen-bond acceptors (Lipinski definition) is 5. The van der Waals surface area contributed by atoms with E-state index in [0.29, 0.717) is 23.0 Å². The zero-order valence-electron chi connectivity index (χ0n) is 30.5. The fourth-order valence-electron chi connectivity index (χ4n) is 8.27. The van der Waals surface area contributed by atoms with Gasteiger partial charge in [0.2, 0.25) is 0 Å². The first-order chi connectivity index (χ1) is 28.2. The summed E-state index contributed by atoms with van der Waals surface area (Å²) in [6.45, 7) is 0. The molecule has 0 aliphatic rings. The van der Waals surface area contributed by atoms with Crippen LogP contribution in [-0.2, 0) is 0 Å². The van der Waals surface area contributed by atoms with Gasteiger partial charge < -0.3 is 4.42 Å². The van der Waals surface area contributed by atoms with Crippen molar-refractivity contribution in [2.24, 2.45) is 0 Å². The van der Waals surface area contributed by atoms with E-state index in [0.717, 1.165) is 77.0 Å². The monoisotopic (exact) mass is 726 g/mol. The van der Waals surface area contributed by atoms with Gasteiger partial charge in [-0.1, -0.05) is 158 Å². The van der Waals surface area contributed by atoms with Crippen LogP contribution in [0.3, 0.4) is 0 Å². The third-order valence-corrected chi connectivity index (χ3v) is 11.0. The molecular formula is C52H30N4O. The first kappa shape index (κ1) is 32.5. The third kappa shape index (κ3) is 5.43. The molecule has 0 saturated heterocycles. The molecule has 2 heterocycles. The van der Waals surface area contributed by atoms with E-state index in [4.69, 9.17) is 19.4 Å². The summed E-state index contributed by atoms with van der Waals surface area (Å²) < 4.78 is 6.27. The molecule has 264 valence electrons. The average Bonchev–Trinajstić information content (AvgIpc) is 3.67. The van der Waals surface area contributed by atoms with Gasteiger partial charge in [-0.25, -0.2) is 15.0 Å². The van der Waals surface area contributed by atoms with Crippen molar-refractivity contribution in [3.8, 4) is 62.5 Å². The number of nitriles is 1. The second kappa shape index (κ2) is 13.1. The summed E-state index contributed by atoms with van der Waals surface area (Å²) >= 11 is 0. The molecule has 11 aromatic rings. The minimum absolute atomic E-state index is 0.584. The van der Waals surface area contributed by atoms with Gasteiger partial charge in [-0.15, -0.1) is 0 Å². The SMILES string of the molecule is N#Cc1ccc(-c2ccc(-c3ccc(-c4nc(-c5cccc6ccccc56)nc(-c5cccc6oc7ccccc7c56)n4)cc3)c3ccc4ccccc4c23)cc1.